The molecule has 0 amide bonds. The van der Waals surface area contributed by atoms with Crippen molar-refractivity contribution >= 4 is 5.97 Å². The molecule has 0 spiro atoms. The number of hydrogen-bond acceptors (Lipinski definition) is 2. The fraction of sp³-hybridized carbons (Fsp3) is 0.500. The topological polar surface area (TPSA) is 135 Å². The Hall–Kier alpha value is -0.0526. The van der Waals surface area contributed by atoms with E-state index in [4.69, 9.17) is 9.90 Å². The van der Waals surface area contributed by atoms with E-state index in [2.05, 4.69) is 0 Å². The third-order valence-electron chi connectivity index (χ3n) is 0. The van der Waals surface area contributed by atoms with Crippen LogP contribution in [0.1, 0.15) is 6.92 Å². The van der Waals surface area contributed by atoms with Crippen LogP contribution in [-0.4, -0.2) is 22.4 Å². The molecule has 8 heavy (non-hydrogen) atoms. The van der Waals surface area contributed by atoms with Crippen LogP contribution < -0.4 is 24.0 Å². The van der Waals surface area contributed by atoms with Gasteiger partial charge in [0, 0.05) is 5.97 Å². The van der Waals surface area contributed by atoms with Gasteiger partial charge in [-0.3, -0.25) is 0 Å². The Morgan fingerprint density at radius 2 is 1.25 bits per heavy atom. The van der Waals surface area contributed by atoms with Gasteiger partial charge in [0.15, 0.2) is 0 Å². The predicted molar refractivity (Wildman–Crippen MR) is 21.5 cm³/mol. The summed E-state index contributed by atoms with van der Waals surface area (Å²) in [5.74, 6) is -1.08. The molecule has 0 heterocycles. The van der Waals surface area contributed by atoms with Gasteiger partial charge in [-0.05, 0) is 6.92 Å². The van der Waals surface area contributed by atoms with Crippen molar-refractivity contribution in [1.29, 1.82) is 0 Å². The molecule has 0 aromatic heterocycles. The Morgan fingerprint density at radius 3 is 1.25 bits per heavy atom. The summed E-state index contributed by atoms with van der Waals surface area (Å²) in [4.78, 5) is 8.89. The number of carboxylic acid groups (broad SMARTS) is 1. The molecule has 0 aliphatic heterocycles. The normalized spacial score (nSPS) is 3.12. The third kappa shape index (κ3) is 52600. The summed E-state index contributed by atoms with van der Waals surface area (Å²) < 4.78 is 0. The van der Waals surface area contributed by atoms with E-state index in [0.29, 0.717) is 0 Å². The molecule has 0 saturated heterocycles. The molecule has 0 atom stereocenters. The third-order valence-corrected chi connectivity index (χ3v) is 0. The molecule has 0 saturated carbocycles. The first kappa shape index (κ1) is 44.2. The fourth-order valence-electron chi connectivity index (χ4n) is 0. The van der Waals surface area contributed by atoms with E-state index >= 15 is 0 Å². The predicted octanol–water partition coefficient (Wildman–Crippen LogP) is -6.71. The molecule has 0 fully saturated rings. The summed E-state index contributed by atoms with van der Waals surface area (Å²) in [6.45, 7) is 0.972. The zero-order valence-corrected chi connectivity index (χ0v) is 4.82. The van der Waals surface area contributed by atoms with Crippen LogP contribution >= 0.6 is 0 Å². The van der Waals surface area contributed by atoms with Crippen molar-refractivity contribution in [2.45, 2.75) is 6.92 Å². The van der Waals surface area contributed by atoms with Crippen LogP contribution in [0.3, 0.4) is 0 Å². The van der Waals surface area contributed by atoms with E-state index in [1.54, 1.807) is 0 Å². The zero-order chi connectivity index (χ0) is 3.58. The number of aliphatic carboxylic acids is 1. The maximum atomic E-state index is 8.89. The molecule has 0 rings (SSSR count). The zero-order valence-electron chi connectivity index (χ0n) is 4.82. The van der Waals surface area contributed by atoms with Crippen molar-refractivity contribution in [1.82, 2.24) is 0 Å². The van der Waals surface area contributed by atoms with Crippen molar-refractivity contribution in [3.63, 3.8) is 0 Å². The maximum absolute atomic E-state index is 8.89. The first-order valence-electron chi connectivity index (χ1n) is 0.908. The molecule has 5 nitrogen and oxygen atoms in total. The van der Waals surface area contributed by atoms with E-state index in [1.165, 1.54) is 0 Å². The summed E-state index contributed by atoms with van der Waals surface area (Å²) in [6, 6.07) is 0. The van der Waals surface area contributed by atoms with Gasteiger partial charge in [-0.1, -0.05) is 0 Å². The average Bonchev–Trinajstić information content (AvgIpc) is 0.811. The molecule has 6 heteroatoms. The summed E-state index contributed by atoms with van der Waals surface area (Å²) in [6.07, 6.45) is 0. The van der Waals surface area contributed by atoms with E-state index < -0.39 is 5.97 Å². The monoisotopic (exact) mass is 120 g/mol. The number of carboxylic acids is 1. The second-order valence-electron chi connectivity index (χ2n) is 0.492. The van der Waals surface area contributed by atoms with Crippen molar-refractivity contribution in [2.75, 3.05) is 0 Å². The summed E-state index contributed by atoms with van der Waals surface area (Å²) >= 11 is 0. The maximum Gasteiger partial charge on any atom is 1.00 e. The first-order chi connectivity index (χ1) is 1.73. The first-order valence-corrected chi connectivity index (χ1v) is 0.908. The van der Waals surface area contributed by atoms with Crippen LogP contribution in [0.25, 0.3) is 0 Å². The number of rotatable bonds is 0. The second kappa shape index (κ2) is 28.3. The molecule has 0 aliphatic carbocycles. The minimum Gasteiger partial charge on any atom is -0.550 e. The second-order valence-corrected chi connectivity index (χ2v) is 0.492. The van der Waals surface area contributed by atoms with E-state index in [-0.39, 0.29) is 35.3 Å². The fourth-order valence-corrected chi connectivity index (χ4v) is 0. The Balaban J connectivity index is -0.00000000750. The molecule has 6 N–H and O–H groups in total. The minimum absolute atomic E-state index is 0. The molecule has 0 aliphatic rings. The Labute approximate surface area is 58.8 Å². The van der Waals surface area contributed by atoms with Gasteiger partial charge in [-0.2, -0.15) is 0 Å². The smallest absolute Gasteiger partial charge is 0.550 e. The minimum atomic E-state index is -1.08. The van der Waals surface area contributed by atoms with Crippen molar-refractivity contribution in [3.8, 4) is 0 Å². The van der Waals surface area contributed by atoms with Gasteiger partial charge >= 0.3 is 18.9 Å². The Morgan fingerprint density at radius 1 is 1.25 bits per heavy atom. The Bertz CT molecular complexity index is 33.4. The number of hydrogen-bond donors (Lipinski definition) is 0. The molecule has 0 aromatic carbocycles. The van der Waals surface area contributed by atoms with Gasteiger partial charge < -0.3 is 26.3 Å². The number of carbonyl (C=O) groups is 1. The van der Waals surface area contributed by atoms with Crippen LogP contribution in [-0.2, 0) is 4.79 Å². The molecular weight excluding hydrogens is 111 g/mol. The largest absolute Gasteiger partial charge is 1.00 e. The molecule has 0 radical (unpaired) electrons. The van der Waals surface area contributed by atoms with Gasteiger partial charge in [0.05, 0.1) is 0 Å². The van der Waals surface area contributed by atoms with Crippen molar-refractivity contribution in [2.24, 2.45) is 0 Å². The standard InChI is InChI=1S/C2H4O2.Li.3H2O/c1-2(3)4;;;;/h1H3,(H,3,4);;3*1H2/q;+1;;;/p-1. The molecule has 0 unspecified atom stereocenters. The molecule has 0 aromatic rings. The van der Waals surface area contributed by atoms with Crippen LogP contribution in [0.15, 0.2) is 0 Å². The van der Waals surface area contributed by atoms with Crippen LogP contribution in [0.2, 0.25) is 0 Å². The van der Waals surface area contributed by atoms with Crippen molar-refractivity contribution in [3.05, 3.63) is 0 Å². The van der Waals surface area contributed by atoms with E-state index in [9.17, 15) is 0 Å². The molecule has 48 valence electrons. The van der Waals surface area contributed by atoms with Gasteiger partial charge in [-0.25, -0.2) is 0 Å². The average molecular weight is 120 g/mol. The van der Waals surface area contributed by atoms with Crippen molar-refractivity contribution < 1.29 is 45.2 Å². The number of carbonyl (C=O) groups excluding carboxylic acids is 1. The molecular formula is C2H9LiO5. The van der Waals surface area contributed by atoms with Crippen LogP contribution in [0.4, 0.5) is 0 Å². The summed E-state index contributed by atoms with van der Waals surface area (Å²) in [5, 5.41) is 8.89. The quantitative estimate of drug-likeness (QED) is 0.293. The van der Waals surface area contributed by atoms with Crippen LogP contribution in [0.5, 0.6) is 0 Å². The van der Waals surface area contributed by atoms with Gasteiger partial charge in [0.2, 0.25) is 0 Å². The van der Waals surface area contributed by atoms with E-state index in [0.717, 1.165) is 6.92 Å². The van der Waals surface area contributed by atoms with Gasteiger partial charge in [-0.15, -0.1) is 0 Å². The summed E-state index contributed by atoms with van der Waals surface area (Å²) in [7, 11) is 0. The van der Waals surface area contributed by atoms with Crippen LogP contribution in [0, 0.1) is 0 Å². The van der Waals surface area contributed by atoms with Gasteiger partial charge in [0.1, 0.15) is 0 Å². The SMILES string of the molecule is CC(=O)[O-].O.O.O.[Li+]. The Kier molecular flexibility index (Phi) is 156. The van der Waals surface area contributed by atoms with E-state index in [1.807, 2.05) is 0 Å². The molecule has 0 bridgehead atoms. The van der Waals surface area contributed by atoms with Gasteiger partial charge in [0.25, 0.3) is 0 Å². The summed E-state index contributed by atoms with van der Waals surface area (Å²) in [5.41, 5.74) is 0.